The lowest BCUT2D eigenvalue weighted by molar-refractivity contribution is -0.129. The molecule has 2 aromatic carbocycles. The van der Waals surface area contributed by atoms with Crippen LogP contribution in [0.1, 0.15) is 24.0 Å². The summed E-state index contributed by atoms with van der Waals surface area (Å²) >= 11 is 0. The molecule has 0 bridgehead atoms. The number of benzene rings is 2. The summed E-state index contributed by atoms with van der Waals surface area (Å²) < 4.78 is 5.76. The molecule has 0 N–H and O–H groups in total. The van der Waals surface area contributed by atoms with Crippen LogP contribution in [0.15, 0.2) is 54.6 Å². The van der Waals surface area contributed by atoms with E-state index >= 15 is 0 Å². The molecule has 0 saturated carbocycles. The van der Waals surface area contributed by atoms with Crippen LogP contribution in [0.5, 0.6) is 5.75 Å². The van der Waals surface area contributed by atoms with Gasteiger partial charge in [0, 0.05) is 13.1 Å². The summed E-state index contributed by atoms with van der Waals surface area (Å²) in [6.45, 7) is 2.39. The van der Waals surface area contributed by atoms with Crippen molar-refractivity contribution in [2.45, 2.75) is 25.9 Å². The van der Waals surface area contributed by atoms with Crippen molar-refractivity contribution < 1.29 is 9.53 Å². The Morgan fingerprint density at radius 1 is 0.909 bits per heavy atom. The van der Waals surface area contributed by atoms with Crippen LogP contribution in [0.4, 0.5) is 0 Å². The predicted octanol–water partition coefficient (Wildman–Crippen LogP) is 3.43. The van der Waals surface area contributed by atoms with Crippen LogP contribution in [0.3, 0.4) is 0 Å². The number of rotatable bonds is 5. The molecule has 0 radical (unpaired) electrons. The molecule has 1 fully saturated rings. The Bertz CT molecular complexity index is 601. The highest BCUT2D eigenvalue weighted by Crippen LogP contribution is 2.16. The minimum Gasteiger partial charge on any atom is -0.489 e. The first-order valence-electron chi connectivity index (χ1n) is 7.85. The minimum absolute atomic E-state index is 0.232. The van der Waals surface area contributed by atoms with Gasteiger partial charge in [-0.25, -0.2) is 0 Å². The van der Waals surface area contributed by atoms with Crippen molar-refractivity contribution in [3.63, 3.8) is 0 Å². The molecule has 3 nitrogen and oxygen atoms in total. The highest BCUT2D eigenvalue weighted by molar-refractivity contribution is 5.79. The van der Waals surface area contributed by atoms with Crippen LogP contribution >= 0.6 is 0 Å². The number of amides is 1. The van der Waals surface area contributed by atoms with E-state index in [4.69, 9.17) is 4.74 Å². The van der Waals surface area contributed by atoms with Gasteiger partial charge in [-0.3, -0.25) is 4.79 Å². The predicted molar refractivity (Wildman–Crippen MR) is 86.7 cm³/mol. The first kappa shape index (κ1) is 14.6. The molecule has 3 heteroatoms. The molecule has 2 aromatic rings. The SMILES string of the molecule is O=C(Cc1ccc(OCc2ccccc2)cc1)N1CCCC1. The lowest BCUT2D eigenvalue weighted by Crippen LogP contribution is -2.28. The Kier molecular flexibility index (Phi) is 4.74. The van der Waals surface area contributed by atoms with Gasteiger partial charge in [0.1, 0.15) is 12.4 Å². The fraction of sp³-hybridized carbons (Fsp3) is 0.316. The summed E-state index contributed by atoms with van der Waals surface area (Å²) in [6, 6.07) is 17.9. The second-order valence-corrected chi connectivity index (χ2v) is 5.68. The molecule has 0 spiro atoms. The molecule has 114 valence electrons. The largest absolute Gasteiger partial charge is 0.489 e. The zero-order chi connectivity index (χ0) is 15.2. The summed E-state index contributed by atoms with van der Waals surface area (Å²) in [6.07, 6.45) is 2.76. The van der Waals surface area contributed by atoms with E-state index in [0.717, 1.165) is 42.8 Å². The molecule has 1 aliphatic heterocycles. The van der Waals surface area contributed by atoms with Crippen molar-refractivity contribution in [3.05, 3.63) is 65.7 Å². The number of likely N-dealkylation sites (tertiary alicyclic amines) is 1. The zero-order valence-electron chi connectivity index (χ0n) is 12.7. The third-order valence-corrected chi connectivity index (χ3v) is 3.99. The van der Waals surface area contributed by atoms with Gasteiger partial charge in [0.05, 0.1) is 6.42 Å². The smallest absolute Gasteiger partial charge is 0.226 e. The van der Waals surface area contributed by atoms with Gasteiger partial charge in [0.15, 0.2) is 0 Å². The fourth-order valence-corrected chi connectivity index (χ4v) is 2.70. The van der Waals surface area contributed by atoms with Crippen LogP contribution in [-0.2, 0) is 17.8 Å². The lowest BCUT2D eigenvalue weighted by atomic mass is 10.1. The summed E-state index contributed by atoms with van der Waals surface area (Å²) in [5, 5.41) is 0. The van der Waals surface area contributed by atoms with Crippen LogP contribution in [0.2, 0.25) is 0 Å². The van der Waals surface area contributed by atoms with Crippen molar-refractivity contribution in [2.24, 2.45) is 0 Å². The number of carbonyl (C=O) groups excluding carboxylic acids is 1. The quantitative estimate of drug-likeness (QED) is 0.846. The van der Waals surface area contributed by atoms with Crippen molar-refractivity contribution in [1.82, 2.24) is 4.90 Å². The topological polar surface area (TPSA) is 29.5 Å². The average molecular weight is 295 g/mol. The molecule has 3 rings (SSSR count). The van der Waals surface area contributed by atoms with E-state index in [-0.39, 0.29) is 5.91 Å². The standard InChI is InChI=1S/C19H21NO2/c21-19(20-12-4-5-13-20)14-16-8-10-18(11-9-16)22-15-17-6-2-1-3-7-17/h1-3,6-11H,4-5,12-15H2. The van der Waals surface area contributed by atoms with Gasteiger partial charge < -0.3 is 9.64 Å². The second-order valence-electron chi connectivity index (χ2n) is 5.68. The third-order valence-electron chi connectivity index (χ3n) is 3.99. The van der Waals surface area contributed by atoms with Crippen LogP contribution in [0.25, 0.3) is 0 Å². The van der Waals surface area contributed by atoms with Gasteiger partial charge in [-0.05, 0) is 36.1 Å². The van der Waals surface area contributed by atoms with Gasteiger partial charge in [-0.1, -0.05) is 42.5 Å². The van der Waals surface area contributed by atoms with Crippen molar-refractivity contribution in [3.8, 4) is 5.75 Å². The monoisotopic (exact) mass is 295 g/mol. The van der Waals surface area contributed by atoms with E-state index in [2.05, 4.69) is 0 Å². The van der Waals surface area contributed by atoms with Gasteiger partial charge >= 0.3 is 0 Å². The highest BCUT2D eigenvalue weighted by Gasteiger charge is 2.17. The Labute approximate surface area is 131 Å². The Hall–Kier alpha value is -2.29. The highest BCUT2D eigenvalue weighted by atomic mass is 16.5. The zero-order valence-corrected chi connectivity index (χ0v) is 12.7. The molecule has 0 unspecified atom stereocenters. The average Bonchev–Trinajstić information content (AvgIpc) is 3.10. The first-order valence-corrected chi connectivity index (χ1v) is 7.85. The normalized spacial score (nSPS) is 14.1. The number of carbonyl (C=O) groups is 1. The van der Waals surface area contributed by atoms with Gasteiger partial charge in [0.2, 0.25) is 5.91 Å². The molecule has 22 heavy (non-hydrogen) atoms. The van der Waals surface area contributed by atoms with Crippen molar-refractivity contribution in [2.75, 3.05) is 13.1 Å². The summed E-state index contributed by atoms with van der Waals surface area (Å²) in [7, 11) is 0. The molecule has 1 aliphatic rings. The molecule has 0 aliphatic carbocycles. The molecule has 1 saturated heterocycles. The van der Waals surface area contributed by atoms with Crippen LogP contribution < -0.4 is 4.74 Å². The van der Waals surface area contributed by atoms with E-state index in [0.29, 0.717) is 13.0 Å². The van der Waals surface area contributed by atoms with Crippen LogP contribution in [0, 0.1) is 0 Å². The van der Waals surface area contributed by atoms with E-state index in [9.17, 15) is 4.79 Å². The van der Waals surface area contributed by atoms with Gasteiger partial charge in [-0.15, -0.1) is 0 Å². The van der Waals surface area contributed by atoms with E-state index in [1.54, 1.807) is 0 Å². The number of nitrogens with zero attached hydrogens (tertiary/aromatic N) is 1. The summed E-state index contributed by atoms with van der Waals surface area (Å²) in [5.41, 5.74) is 2.19. The number of ether oxygens (including phenoxy) is 1. The molecule has 1 heterocycles. The van der Waals surface area contributed by atoms with Crippen LogP contribution in [-0.4, -0.2) is 23.9 Å². The molecule has 1 amide bonds. The molecular formula is C19H21NO2. The second kappa shape index (κ2) is 7.12. The first-order chi connectivity index (χ1) is 10.8. The van der Waals surface area contributed by atoms with Gasteiger partial charge in [0.25, 0.3) is 0 Å². The molecule has 0 aromatic heterocycles. The van der Waals surface area contributed by atoms with E-state index in [1.807, 2.05) is 59.5 Å². The number of hydrogen-bond donors (Lipinski definition) is 0. The van der Waals surface area contributed by atoms with Gasteiger partial charge in [-0.2, -0.15) is 0 Å². The van der Waals surface area contributed by atoms with E-state index < -0.39 is 0 Å². The Morgan fingerprint density at radius 3 is 2.27 bits per heavy atom. The Morgan fingerprint density at radius 2 is 1.59 bits per heavy atom. The maximum atomic E-state index is 12.1. The summed E-state index contributed by atoms with van der Waals surface area (Å²) in [4.78, 5) is 14.1. The van der Waals surface area contributed by atoms with Crippen molar-refractivity contribution >= 4 is 5.91 Å². The summed E-state index contributed by atoms with van der Waals surface area (Å²) in [5.74, 6) is 1.07. The molecular weight excluding hydrogens is 274 g/mol. The Balaban J connectivity index is 1.52. The maximum Gasteiger partial charge on any atom is 0.226 e. The third kappa shape index (κ3) is 3.88. The maximum absolute atomic E-state index is 12.1. The minimum atomic E-state index is 0.232. The van der Waals surface area contributed by atoms with E-state index in [1.165, 1.54) is 0 Å². The number of hydrogen-bond acceptors (Lipinski definition) is 2. The van der Waals surface area contributed by atoms with Crippen molar-refractivity contribution in [1.29, 1.82) is 0 Å². The lowest BCUT2D eigenvalue weighted by Gasteiger charge is -2.15. The molecule has 0 atom stereocenters. The fourth-order valence-electron chi connectivity index (χ4n) is 2.70.